The number of nitrogens with zero attached hydrogens (tertiary/aromatic N) is 1. The Kier molecular flexibility index (Phi) is 3.35. The minimum atomic E-state index is -2.94. The van der Waals surface area contributed by atoms with Crippen LogP contribution in [0.25, 0.3) is 0 Å². The van der Waals surface area contributed by atoms with Crippen LogP contribution in [-0.4, -0.2) is 31.6 Å². The van der Waals surface area contributed by atoms with Crippen molar-refractivity contribution in [2.75, 3.05) is 13.6 Å². The molecule has 0 spiro atoms. The Morgan fingerprint density at radius 3 is 2.38 bits per heavy atom. The quantitative estimate of drug-likeness (QED) is 0.681. The van der Waals surface area contributed by atoms with Crippen molar-refractivity contribution in [1.82, 2.24) is 4.31 Å². The summed E-state index contributed by atoms with van der Waals surface area (Å²) in [4.78, 5) is 0. The molecule has 1 rings (SSSR count). The molecule has 78 valence electrons. The molecule has 1 aliphatic carbocycles. The monoisotopic (exact) mass is 205 g/mol. The van der Waals surface area contributed by atoms with Crippen molar-refractivity contribution in [3.63, 3.8) is 0 Å². The molecule has 0 amide bonds. The van der Waals surface area contributed by atoms with Gasteiger partial charge in [0.2, 0.25) is 10.0 Å². The standard InChI is InChI=1S/C9H19NO2S/c1-4-8(2)7-10(3)13(11,12)9-5-6-9/h8-9H,4-7H2,1-3H3/t8-/m0/s1. The molecule has 0 aromatic heterocycles. The molecule has 0 N–H and O–H groups in total. The van der Waals surface area contributed by atoms with E-state index in [4.69, 9.17) is 0 Å². The van der Waals surface area contributed by atoms with Gasteiger partial charge in [-0.3, -0.25) is 0 Å². The van der Waals surface area contributed by atoms with Gasteiger partial charge in [0.05, 0.1) is 5.25 Å². The maximum atomic E-state index is 11.7. The van der Waals surface area contributed by atoms with Gasteiger partial charge in [0.1, 0.15) is 0 Å². The van der Waals surface area contributed by atoms with Crippen LogP contribution < -0.4 is 0 Å². The first kappa shape index (κ1) is 11.0. The van der Waals surface area contributed by atoms with Gasteiger partial charge in [-0.2, -0.15) is 0 Å². The van der Waals surface area contributed by atoms with Crippen molar-refractivity contribution < 1.29 is 8.42 Å². The molecule has 1 fully saturated rings. The summed E-state index contributed by atoms with van der Waals surface area (Å²) in [7, 11) is -1.24. The van der Waals surface area contributed by atoms with Gasteiger partial charge in [0.15, 0.2) is 0 Å². The zero-order valence-electron chi connectivity index (χ0n) is 8.66. The highest BCUT2D eigenvalue weighted by Gasteiger charge is 2.38. The molecular weight excluding hydrogens is 186 g/mol. The molecule has 1 atom stereocenters. The SMILES string of the molecule is CC[C@H](C)CN(C)S(=O)(=O)C1CC1. The lowest BCUT2D eigenvalue weighted by atomic mass is 10.1. The normalized spacial score (nSPS) is 20.6. The predicted molar refractivity (Wildman–Crippen MR) is 54.0 cm³/mol. The minimum Gasteiger partial charge on any atom is -0.212 e. The average molecular weight is 205 g/mol. The van der Waals surface area contributed by atoms with E-state index in [9.17, 15) is 8.42 Å². The molecule has 0 heterocycles. The summed E-state index contributed by atoms with van der Waals surface area (Å²) in [5, 5.41) is -0.0680. The van der Waals surface area contributed by atoms with Crippen molar-refractivity contribution in [3.05, 3.63) is 0 Å². The number of rotatable bonds is 5. The fourth-order valence-electron chi connectivity index (χ4n) is 1.29. The van der Waals surface area contributed by atoms with Crippen molar-refractivity contribution in [2.24, 2.45) is 5.92 Å². The molecule has 0 aliphatic heterocycles. The number of hydrogen-bond acceptors (Lipinski definition) is 2. The highest BCUT2D eigenvalue weighted by atomic mass is 32.2. The molecule has 0 aromatic rings. The topological polar surface area (TPSA) is 37.4 Å². The molecular formula is C9H19NO2S. The number of hydrogen-bond donors (Lipinski definition) is 0. The van der Waals surface area contributed by atoms with Crippen molar-refractivity contribution in [1.29, 1.82) is 0 Å². The molecule has 0 bridgehead atoms. The summed E-state index contributed by atoms with van der Waals surface area (Å²) in [6, 6.07) is 0. The van der Waals surface area contributed by atoms with Crippen molar-refractivity contribution in [3.8, 4) is 0 Å². The zero-order valence-corrected chi connectivity index (χ0v) is 9.47. The molecule has 13 heavy (non-hydrogen) atoms. The third-order valence-corrected chi connectivity index (χ3v) is 4.98. The fraction of sp³-hybridized carbons (Fsp3) is 1.00. The van der Waals surface area contributed by atoms with Crippen LogP contribution in [0.2, 0.25) is 0 Å². The Morgan fingerprint density at radius 2 is 2.00 bits per heavy atom. The summed E-state index contributed by atoms with van der Waals surface area (Å²) in [6.45, 7) is 4.83. The first-order valence-corrected chi connectivity index (χ1v) is 6.44. The molecule has 0 saturated heterocycles. The predicted octanol–water partition coefficient (Wildman–Crippen LogP) is 1.46. The maximum absolute atomic E-state index is 11.7. The third kappa shape index (κ3) is 2.68. The maximum Gasteiger partial charge on any atom is 0.216 e. The largest absolute Gasteiger partial charge is 0.216 e. The van der Waals surface area contributed by atoms with E-state index in [1.54, 1.807) is 7.05 Å². The highest BCUT2D eigenvalue weighted by Crippen LogP contribution is 2.30. The van der Waals surface area contributed by atoms with Gasteiger partial charge in [0, 0.05) is 13.6 Å². The summed E-state index contributed by atoms with van der Waals surface area (Å²) in [5.41, 5.74) is 0. The van der Waals surface area contributed by atoms with E-state index in [-0.39, 0.29) is 5.25 Å². The first-order chi connectivity index (χ1) is 5.98. The van der Waals surface area contributed by atoms with Gasteiger partial charge in [0.25, 0.3) is 0 Å². The minimum absolute atomic E-state index is 0.0680. The smallest absolute Gasteiger partial charge is 0.212 e. The summed E-state index contributed by atoms with van der Waals surface area (Å²) < 4.78 is 24.9. The van der Waals surface area contributed by atoms with Gasteiger partial charge in [-0.25, -0.2) is 12.7 Å². The Labute approximate surface area is 81.2 Å². The van der Waals surface area contributed by atoms with E-state index in [1.165, 1.54) is 4.31 Å². The van der Waals surface area contributed by atoms with Crippen LogP contribution in [0.5, 0.6) is 0 Å². The lowest BCUT2D eigenvalue weighted by molar-refractivity contribution is 0.393. The third-order valence-electron chi connectivity index (χ3n) is 2.65. The Balaban J connectivity index is 2.51. The van der Waals surface area contributed by atoms with E-state index < -0.39 is 10.0 Å². The second-order valence-electron chi connectivity index (χ2n) is 4.04. The second-order valence-corrected chi connectivity index (χ2v) is 6.36. The Morgan fingerprint density at radius 1 is 1.46 bits per heavy atom. The highest BCUT2D eigenvalue weighted by molar-refractivity contribution is 7.90. The Hall–Kier alpha value is -0.0900. The van der Waals surface area contributed by atoms with Gasteiger partial charge in [-0.15, -0.1) is 0 Å². The molecule has 0 aromatic carbocycles. The van der Waals surface area contributed by atoms with Crippen LogP contribution in [0.4, 0.5) is 0 Å². The van der Waals surface area contributed by atoms with Gasteiger partial charge < -0.3 is 0 Å². The van der Waals surface area contributed by atoms with Crippen LogP contribution >= 0.6 is 0 Å². The molecule has 0 unspecified atom stereocenters. The summed E-state index contributed by atoms with van der Waals surface area (Å²) in [5.74, 6) is 0.457. The van der Waals surface area contributed by atoms with Crippen LogP contribution in [0.1, 0.15) is 33.1 Å². The van der Waals surface area contributed by atoms with Gasteiger partial charge in [-0.1, -0.05) is 20.3 Å². The Bertz CT molecular complexity index is 257. The molecule has 1 saturated carbocycles. The lowest BCUT2D eigenvalue weighted by Gasteiger charge is -2.20. The van der Waals surface area contributed by atoms with Crippen LogP contribution in [-0.2, 0) is 10.0 Å². The second kappa shape index (κ2) is 3.96. The van der Waals surface area contributed by atoms with E-state index in [0.717, 1.165) is 19.3 Å². The van der Waals surface area contributed by atoms with Crippen LogP contribution in [0.3, 0.4) is 0 Å². The first-order valence-electron chi connectivity index (χ1n) is 4.93. The van der Waals surface area contributed by atoms with Gasteiger partial charge in [-0.05, 0) is 18.8 Å². The van der Waals surface area contributed by atoms with Crippen LogP contribution in [0.15, 0.2) is 0 Å². The van der Waals surface area contributed by atoms with Crippen LogP contribution in [0, 0.1) is 5.92 Å². The lowest BCUT2D eigenvalue weighted by Crippen LogP contribution is -2.33. The fourth-order valence-corrected chi connectivity index (χ4v) is 3.00. The molecule has 4 heteroatoms. The average Bonchev–Trinajstić information content (AvgIpc) is 2.86. The molecule has 0 radical (unpaired) electrons. The van der Waals surface area contributed by atoms with E-state index in [1.807, 2.05) is 0 Å². The number of sulfonamides is 1. The van der Waals surface area contributed by atoms with Crippen molar-refractivity contribution >= 4 is 10.0 Å². The molecule has 1 aliphatic rings. The summed E-state index contributed by atoms with van der Waals surface area (Å²) >= 11 is 0. The van der Waals surface area contributed by atoms with Crippen molar-refractivity contribution in [2.45, 2.75) is 38.4 Å². The molecule has 3 nitrogen and oxygen atoms in total. The van der Waals surface area contributed by atoms with Gasteiger partial charge >= 0.3 is 0 Å². The van der Waals surface area contributed by atoms with E-state index in [0.29, 0.717) is 12.5 Å². The zero-order chi connectivity index (χ0) is 10.1. The van der Waals surface area contributed by atoms with E-state index >= 15 is 0 Å². The van der Waals surface area contributed by atoms with E-state index in [2.05, 4.69) is 13.8 Å². The summed E-state index contributed by atoms with van der Waals surface area (Å²) in [6.07, 6.45) is 2.74.